The van der Waals surface area contributed by atoms with Gasteiger partial charge in [0.15, 0.2) is 11.5 Å². The van der Waals surface area contributed by atoms with Crippen LogP contribution in [0.2, 0.25) is 0 Å². The molecule has 3 rings (SSSR count). The summed E-state index contributed by atoms with van der Waals surface area (Å²) >= 11 is 0. The van der Waals surface area contributed by atoms with E-state index in [-0.39, 0.29) is 4.90 Å². The third-order valence-electron chi connectivity index (χ3n) is 5.48. The Labute approximate surface area is 200 Å². The van der Waals surface area contributed by atoms with Gasteiger partial charge in [0.2, 0.25) is 0 Å². The fourth-order valence-electron chi connectivity index (χ4n) is 3.69. The standard InChI is InChI=1S/C25H29NO7S/c1-17(22-16-20(30-3)10-14-23(22)31-4)26(18-7-13-24(32-5)25(15-18)33-6)34(27,28)21-11-8-19(29-2)9-12-21/h7-17H,1-6H3/t17-/m1/s1. The Morgan fingerprint density at radius 2 is 1.21 bits per heavy atom. The van der Waals surface area contributed by atoms with E-state index in [4.69, 9.17) is 23.7 Å². The van der Waals surface area contributed by atoms with Crippen LogP contribution in [0, 0.1) is 0 Å². The van der Waals surface area contributed by atoms with Crippen molar-refractivity contribution in [1.82, 2.24) is 0 Å². The zero-order valence-corrected chi connectivity index (χ0v) is 20.9. The van der Waals surface area contributed by atoms with Crippen LogP contribution >= 0.6 is 0 Å². The first-order chi connectivity index (χ1) is 16.3. The average molecular weight is 488 g/mol. The molecule has 0 heterocycles. The quantitative estimate of drug-likeness (QED) is 0.410. The first-order valence-corrected chi connectivity index (χ1v) is 11.9. The van der Waals surface area contributed by atoms with E-state index in [2.05, 4.69) is 0 Å². The van der Waals surface area contributed by atoms with Crippen molar-refractivity contribution in [3.05, 3.63) is 66.2 Å². The third-order valence-corrected chi connectivity index (χ3v) is 7.39. The Kier molecular flexibility index (Phi) is 7.78. The van der Waals surface area contributed by atoms with Gasteiger partial charge in [-0.1, -0.05) is 0 Å². The largest absolute Gasteiger partial charge is 0.497 e. The number of anilines is 1. The molecule has 182 valence electrons. The van der Waals surface area contributed by atoms with Crippen LogP contribution in [0.1, 0.15) is 18.5 Å². The van der Waals surface area contributed by atoms with Gasteiger partial charge in [0.25, 0.3) is 10.0 Å². The fourth-order valence-corrected chi connectivity index (χ4v) is 5.31. The van der Waals surface area contributed by atoms with Gasteiger partial charge >= 0.3 is 0 Å². The lowest BCUT2D eigenvalue weighted by molar-refractivity contribution is 0.355. The highest BCUT2D eigenvalue weighted by molar-refractivity contribution is 7.92. The van der Waals surface area contributed by atoms with Crippen LogP contribution in [0.5, 0.6) is 28.7 Å². The molecule has 0 aliphatic rings. The molecule has 0 saturated heterocycles. The Balaban J connectivity index is 2.24. The van der Waals surface area contributed by atoms with Crippen LogP contribution in [-0.2, 0) is 10.0 Å². The molecule has 9 heteroatoms. The van der Waals surface area contributed by atoms with Crippen molar-refractivity contribution in [1.29, 1.82) is 0 Å². The third kappa shape index (κ3) is 4.84. The molecule has 0 bridgehead atoms. The molecule has 0 N–H and O–H groups in total. The van der Waals surface area contributed by atoms with Crippen molar-refractivity contribution in [2.24, 2.45) is 0 Å². The van der Waals surface area contributed by atoms with E-state index in [1.165, 1.54) is 44.9 Å². The maximum atomic E-state index is 14.0. The van der Waals surface area contributed by atoms with Gasteiger partial charge in [-0.05, 0) is 61.5 Å². The summed E-state index contributed by atoms with van der Waals surface area (Å²) in [6.07, 6.45) is 0. The van der Waals surface area contributed by atoms with Gasteiger partial charge < -0.3 is 23.7 Å². The smallest absolute Gasteiger partial charge is 0.264 e. The highest BCUT2D eigenvalue weighted by Gasteiger charge is 2.33. The van der Waals surface area contributed by atoms with Crippen LogP contribution in [0.3, 0.4) is 0 Å². The number of nitrogens with zero attached hydrogens (tertiary/aromatic N) is 1. The second kappa shape index (κ2) is 10.6. The molecular weight excluding hydrogens is 458 g/mol. The molecule has 0 unspecified atom stereocenters. The molecule has 0 amide bonds. The van der Waals surface area contributed by atoms with E-state index in [0.717, 1.165) is 0 Å². The van der Waals surface area contributed by atoms with Gasteiger partial charge in [-0.15, -0.1) is 0 Å². The second-order valence-corrected chi connectivity index (χ2v) is 9.11. The van der Waals surface area contributed by atoms with Crippen LogP contribution < -0.4 is 28.0 Å². The SMILES string of the molecule is COc1ccc(S(=O)(=O)N(c2ccc(OC)c(OC)c2)[C@H](C)c2cc(OC)ccc2OC)cc1. The molecule has 0 fully saturated rings. The zero-order chi connectivity index (χ0) is 24.9. The number of methoxy groups -OCH3 is 5. The van der Waals surface area contributed by atoms with Crippen molar-refractivity contribution in [3.63, 3.8) is 0 Å². The van der Waals surface area contributed by atoms with Gasteiger partial charge in [0, 0.05) is 11.6 Å². The van der Waals surface area contributed by atoms with Gasteiger partial charge in [0.05, 0.1) is 52.2 Å². The maximum Gasteiger partial charge on any atom is 0.264 e. The van der Waals surface area contributed by atoms with Crippen LogP contribution in [-0.4, -0.2) is 44.0 Å². The van der Waals surface area contributed by atoms with Crippen LogP contribution in [0.15, 0.2) is 65.6 Å². The minimum Gasteiger partial charge on any atom is -0.497 e. The molecule has 0 aromatic heterocycles. The number of hydrogen-bond donors (Lipinski definition) is 0. The van der Waals surface area contributed by atoms with Gasteiger partial charge in [-0.3, -0.25) is 4.31 Å². The van der Waals surface area contributed by atoms with Crippen molar-refractivity contribution in [3.8, 4) is 28.7 Å². The van der Waals surface area contributed by atoms with Crippen LogP contribution in [0.4, 0.5) is 5.69 Å². The average Bonchev–Trinajstić information content (AvgIpc) is 2.87. The normalized spacial score (nSPS) is 11.9. The highest BCUT2D eigenvalue weighted by Crippen LogP contribution is 2.41. The Morgan fingerprint density at radius 1 is 0.647 bits per heavy atom. The predicted molar refractivity (Wildman–Crippen MR) is 130 cm³/mol. The highest BCUT2D eigenvalue weighted by atomic mass is 32.2. The summed E-state index contributed by atoms with van der Waals surface area (Å²) in [7, 11) is 3.60. The lowest BCUT2D eigenvalue weighted by Crippen LogP contribution is -2.34. The molecule has 0 aliphatic carbocycles. The van der Waals surface area contributed by atoms with Crippen molar-refractivity contribution >= 4 is 15.7 Å². The van der Waals surface area contributed by atoms with Crippen LogP contribution in [0.25, 0.3) is 0 Å². The summed E-state index contributed by atoms with van der Waals surface area (Å²) in [6.45, 7) is 1.79. The van der Waals surface area contributed by atoms with E-state index in [1.807, 2.05) is 0 Å². The van der Waals surface area contributed by atoms with Gasteiger partial charge in [0.1, 0.15) is 17.2 Å². The van der Waals surface area contributed by atoms with E-state index in [1.54, 1.807) is 62.6 Å². The van der Waals surface area contributed by atoms with Gasteiger partial charge in [-0.2, -0.15) is 0 Å². The number of rotatable bonds is 10. The monoisotopic (exact) mass is 487 g/mol. The Hall–Kier alpha value is -3.59. The lowest BCUT2D eigenvalue weighted by Gasteiger charge is -2.32. The van der Waals surface area contributed by atoms with Crippen molar-refractivity contribution in [2.75, 3.05) is 39.9 Å². The van der Waals surface area contributed by atoms with Crippen molar-refractivity contribution in [2.45, 2.75) is 17.9 Å². The topological polar surface area (TPSA) is 83.5 Å². The maximum absolute atomic E-state index is 14.0. The summed E-state index contributed by atoms with van der Waals surface area (Å²) in [4.78, 5) is 0.108. The predicted octanol–water partition coefficient (Wildman–Crippen LogP) is 4.69. The zero-order valence-electron chi connectivity index (χ0n) is 20.1. The summed E-state index contributed by atoms with van der Waals surface area (Å²) in [5.74, 6) is 2.55. The van der Waals surface area contributed by atoms with E-state index in [0.29, 0.717) is 40.0 Å². The first kappa shape index (κ1) is 25.0. The first-order valence-electron chi connectivity index (χ1n) is 10.4. The summed E-state index contributed by atoms with van der Waals surface area (Å²) in [5, 5.41) is 0. The minimum atomic E-state index is -4.03. The summed E-state index contributed by atoms with van der Waals surface area (Å²) in [6, 6.07) is 15.8. The number of benzene rings is 3. The summed E-state index contributed by atoms with van der Waals surface area (Å²) in [5.41, 5.74) is 1.03. The number of ether oxygens (including phenoxy) is 5. The number of hydrogen-bond acceptors (Lipinski definition) is 7. The van der Waals surface area contributed by atoms with E-state index in [9.17, 15) is 8.42 Å². The van der Waals surface area contributed by atoms with Crippen molar-refractivity contribution < 1.29 is 32.1 Å². The molecule has 0 radical (unpaired) electrons. The Bertz CT molecular complexity index is 1230. The molecule has 0 aliphatic heterocycles. The molecule has 0 spiro atoms. The summed E-state index contributed by atoms with van der Waals surface area (Å²) < 4.78 is 56.2. The Morgan fingerprint density at radius 3 is 1.76 bits per heavy atom. The molecule has 3 aromatic carbocycles. The molecule has 8 nitrogen and oxygen atoms in total. The minimum absolute atomic E-state index is 0.108. The molecule has 0 saturated carbocycles. The van der Waals surface area contributed by atoms with E-state index < -0.39 is 16.1 Å². The molecule has 1 atom stereocenters. The van der Waals surface area contributed by atoms with E-state index >= 15 is 0 Å². The number of sulfonamides is 1. The molecular formula is C25H29NO7S. The van der Waals surface area contributed by atoms with Gasteiger partial charge in [-0.25, -0.2) is 8.42 Å². The molecule has 34 heavy (non-hydrogen) atoms. The molecule has 3 aromatic rings. The lowest BCUT2D eigenvalue weighted by atomic mass is 10.1. The fraction of sp³-hybridized carbons (Fsp3) is 0.280. The second-order valence-electron chi connectivity index (χ2n) is 7.30.